The van der Waals surface area contributed by atoms with Crippen LogP contribution in [-0.4, -0.2) is 52.5 Å². The molecule has 0 aromatic heterocycles. The Morgan fingerprint density at radius 1 is 1.21 bits per heavy atom. The van der Waals surface area contributed by atoms with Crippen LogP contribution >= 0.6 is 0 Å². The van der Waals surface area contributed by atoms with Crippen molar-refractivity contribution in [3.05, 3.63) is 35.9 Å². The van der Waals surface area contributed by atoms with Gasteiger partial charge in [0.25, 0.3) is 0 Å². The maximum Gasteiger partial charge on any atom is 0.311 e. The average Bonchev–Trinajstić information content (AvgIpc) is 3.00. The topological polar surface area (TPSA) is 60.9 Å². The fourth-order valence-corrected chi connectivity index (χ4v) is 3.81. The first-order valence-corrected chi connectivity index (χ1v) is 8.80. The predicted molar refractivity (Wildman–Crippen MR) is 91.4 cm³/mol. The second-order valence-corrected chi connectivity index (χ2v) is 7.34. The molecule has 3 rings (SSSR count). The van der Waals surface area contributed by atoms with E-state index in [1.54, 1.807) is 11.8 Å². The van der Waals surface area contributed by atoms with Gasteiger partial charge in [-0.1, -0.05) is 36.8 Å². The Kier molecular flexibility index (Phi) is 4.90. The molecule has 1 N–H and O–H groups in total. The van der Waals surface area contributed by atoms with Crippen molar-refractivity contribution in [1.82, 2.24) is 9.80 Å². The summed E-state index contributed by atoms with van der Waals surface area (Å²) in [5, 5.41) is 9.38. The fraction of sp³-hybridized carbons (Fsp3) is 0.579. The van der Waals surface area contributed by atoms with Crippen LogP contribution in [0.4, 0.5) is 0 Å². The molecule has 2 heterocycles. The van der Waals surface area contributed by atoms with Crippen molar-refractivity contribution in [1.29, 1.82) is 0 Å². The summed E-state index contributed by atoms with van der Waals surface area (Å²) in [6.07, 6.45) is 3.58. The van der Waals surface area contributed by atoms with Crippen molar-refractivity contribution in [2.75, 3.05) is 19.6 Å². The van der Waals surface area contributed by atoms with E-state index in [0.29, 0.717) is 19.5 Å². The lowest BCUT2D eigenvalue weighted by atomic mass is 9.90. The maximum atomic E-state index is 13.0. The lowest BCUT2D eigenvalue weighted by Gasteiger charge is -2.37. The van der Waals surface area contributed by atoms with Crippen LogP contribution in [0.25, 0.3) is 0 Å². The fourth-order valence-electron chi connectivity index (χ4n) is 3.81. The molecule has 2 aliphatic heterocycles. The van der Waals surface area contributed by atoms with Gasteiger partial charge in [-0.05, 0) is 38.3 Å². The molecule has 2 unspecified atom stereocenters. The van der Waals surface area contributed by atoms with Crippen LogP contribution in [0.3, 0.4) is 0 Å². The van der Waals surface area contributed by atoms with E-state index in [4.69, 9.17) is 0 Å². The molecule has 0 radical (unpaired) electrons. The van der Waals surface area contributed by atoms with Crippen molar-refractivity contribution >= 4 is 11.9 Å². The summed E-state index contributed by atoms with van der Waals surface area (Å²) in [4.78, 5) is 28.5. The van der Waals surface area contributed by atoms with Crippen LogP contribution in [0.5, 0.6) is 0 Å². The van der Waals surface area contributed by atoms with Crippen molar-refractivity contribution < 1.29 is 14.7 Å². The molecule has 5 nitrogen and oxygen atoms in total. The molecule has 2 atom stereocenters. The molecule has 0 saturated carbocycles. The Balaban J connectivity index is 1.69. The van der Waals surface area contributed by atoms with Gasteiger partial charge in [0.1, 0.15) is 0 Å². The van der Waals surface area contributed by atoms with Crippen LogP contribution in [0, 0.1) is 5.41 Å². The van der Waals surface area contributed by atoms with Crippen molar-refractivity contribution in [2.45, 2.75) is 45.2 Å². The monoisotopic (exact) mass is 330 g/mol. The highest BCUT2D eigenvalue weighted by atomic mass is 16.4. The van der Waals surface area contributed by atoms with E-state index < -0.39 is 11.4 Å². The molecule has 24 heavy (non-hydrogen) atoms. The largest absolute Gasteiger partial charge is 0.481 e. The summed E-state index contributed by atoms with van der Waals surface area (Å²) < 4.78 is 0. The lowest BCUT2D eigenvalue weighted by Crippen LogP contribution is -2.50. The number of rotatable bonds is 4. The number of likely N-dealkylation sites (tertiary alicyclic amines) is 2. The van der Waals surface area contributed by atoms with Crippen molar-refractivity contribution in [2.24, 2.45) is 5.41 Å². The summed E-state index contributed by atoms with van der Waals surface area (Å²) >= 11 is 0. The van der Waals surface area contributed by atoms with E-state index in [1.807, 2.05) is 18.2 Å². The highest BCUT2D eigenvalue weighted by Crippen LogP contribution is 2.32. The second-order valence-electron chi connectivity index (χ2n) is 7.34. The minimum Gasteiger partial charge on any atom is -0.481 e. The van der Waals surface area contributed by atoms with Crippen LogP contribution in [-0.2, 0) is 16.1 Å². The minimum atomic E-state index is -0.803. The molecule has 5 heteroatoms. The highest BCUT2D eigenvalue weighted by Gasteiger charge is 2.44. The number of hydrogen-bond acceptors (Lipinski definition) is 3. The summed E-state index contributed by atoms with van der Waals surface area (Å²) in [6.45, 7) is 4.33. The average molecular weight is 330 g/mol. The van der Waals surface area contributed by atoms with Crippen LogP contribution in [0.15, 0.2) is 30.3 Å². The molecule has 130 valence electrons. The zero-order valence-corrected chi connectivity index (χ0v) is 14.3. The molecule has 0 aliphatic carbocycles. The van der Waals surface area contributed by atoms with Gasteiger partial charge in [-0.15, -0.1) is 0 Å². The highest BCUT2D eigenvalue weighted by molar-refractivity contribution is 5.84. The summed E-state index contributed by atoms with van der Waals surface area (Å²) in [6, 6.07) is 10.1. The van der Waals surface area contributed by atoms with Crippen molar-refractivity contribution in [3.8, 4) is 0 Å². The van der Waals surface area contributed by atoms with Gasteiger partial charge in [-0.2, -0.15) is 0 Å². The number of carbonyl (C=O) groups excluding carboxylic acids is 1. The van der Waals surface area contributed by atoms with Gasteiger partial charge in [0.05, 0.1) is 11.5 Å². The first-order chi connectivity index (χ1) is 11.5. The number of nitrogens with zero attached hydrogens (tertiary/aromatic N) is 2. The zero-order chi connectivity index (χ0) is 17.2. The molecule has 1 aromatic rings. The standard InChI is InChI=1S/C19H26N2O3/c1-19(18(23)24)10-12-21(14-19)17(22)16-9-5-6-11-20(16)13-15-7-3-2-4-8-15/h2-4,7-8,16H,5-6,9-14H2,1H3,(H,23,24). The Hall–Kier alpha value is -1.88. The SMILES string of the molecule is CC1(C(=O)O)CCN(C(=O)C2CCCCN2Cc2ccccc2)C1. The molecule has 2 aliphatic rings. The van der Waals surface area contributed by atoms with Gasteiger partial charge in [0.2, 0.25) is 5.91 Å². The molecule has 0 bridgehead atoms. The smallest absolute Gasteiger partial charge is 0.311 e. The summed E-state index contributed by atoms with van der Waals surface area (Å²) in [5.41, 5.74) is 0.420. The van der Waals surface area contributed by atoms with Crippen molar-refractivity contribution in [3.63, 3.8) is 0 Å². The van der Waals surface area contributed by atoms with E-state index >= 15 is 0 Å². The predicted octanol–water partition coefficient (Wildman–Crippen LogP) is 2.36. The molecule has 2 fully saturated rings. The third-order valence-corrected chi connectivity index (χ3v) is 5.43. The number of carboxylic acid groups (broad SMARTS) is 1. The molecular formula is C19H26N2O3. The third kappa shape index (κ3) is 3.46. The maximum absolute atomic E-state index is 13.0. The van der Waals surface area contributed by atoms with Gasteiger partial charge in [-0.3, -0.25) is 14.5 Å². The Bertz CT molecular complexity index is 604. The van der Waals surface area contributed by atoms with Gasteiger partial charge in [0.15, 0.2) is 0 Å². The normalized spacial score (nSPS) is 28.0. The number of hydrogen-bond donors (Lipinski definition) is 1. The molecule has 2 saturated heterocycles. The number of benzene rings is 1. The Morgan fingerprint density at radius 2 is 1.96 bits per heavy atom. The quantitative estimate of drug-likeness (QED) is 0.921. The minimum absolute atomic E-state index is 0.107. The summed E-state index contributed by atoms with van der Waals surface area (Å²) in [5.74, 6) is -0.696. The number of carbonyl (C=O) groups is 2. The van der Waals surface area contributed by atoms with Gasteiger partial charge in [-0.25, -0.2) is 0 Å². The molecular weight excluding hydrogens is 304 g/mol. The zero-order valence-electron chi connectivity index (χ0n) is 14.3. The first-order valence-electron chi connectivity index (χ1n) is 8.80. The molecule has 1 amide bonds. The lowest BCUT2D eigenvalue weighted by molar-refractivity contribution is -0.147. The Labute approximate surface area is 143 Å². The van der Waals surface area contributed by atoms with E-state index in [0.717, 1.165) is 32.4 Å². The molecule has 0 spiro atoms. The van der Waals surface area contributed by atoms with Gasteiger partial charge >= 0.3 is 5.97 Å². The van der Waals surface area contributed by atoms with E-state index in [2.05, 4.69) is 17.0 Å². The number of aliphatic carboxylic acids is 1. The third-order valence-electron chi connectivity index (χ3n) is 5.43. The molecule has 1 aromatic carbocycles. The Morgan fingerprint density at radius 3 is 2.62 bits per heavy atom. The number of carboxylic acids is 1. The number of amides is 1. The van der Waals surface area contributed by atoms with E-state index in [-0.39, 0.29) is 11.9 Å². The first kappa shape index (κ1) is 17.0. The van der Waals surface area contributed by atoms with Crippen LogP contribution < -0.4 is 0 Å². The van der Waals surface area contributed by atoms with Crippen LogP contribution in [0.1, 0.15) is 38.2 Å². The van der Waals surface area contributed by atoms with E-state index in [1.165, 1.54) is 5.56 Å². The van der Waals surface area contributed by atoms with Gasteiger partial charge < -0.3 is 10.0 Å². The summed E-state index contributed by atoms with van der Waals surface area (Å²) in [7, 11) is 0. The van der Waals surface area contributed by atoms with E-state index in [9.17, 15) is 14.7 Å². The second kappa shape index (κ2) is 6.93. The number of piperidine rings is 1. The van der Waals surface area contributed by atoms with Gasteiger partial charge in [0, 0.05) is 19.6 Å². The van der Waals surface area contributed by atoms with Crippen LogP contribution in [0.2, 0.25) is 0 Å².